The minimum absolute atomic E-state index is 0.276. The van der Waals surface area contributed by atoms with Crippen LogP contribution in [-0.2, 0) is 9.84 Å². The summed E-state index contributed by atoms with van der Waals surface area (Å²) in [6.07, 6.45) is 1.98. The third-order valence-corrected chi connectivity index (χ3v) is 3.64. The Hall–Kier alpha value is -0.130. The lowest BCUT2D eigenvalue weighted by molar-refractivity contribution is 0.271. The molecule has 0 amide bonds. The Balaban J connectivity index is 3.61. The average molecular weight is 250 g/mol. The SMILES string of the molecule is CCN(CC)CC(C)NCCCS(C)(=O)=O. The van der Waals surface area contributed by atoms with Crippen molar-refractivity contribution in [1.82, 2.24) is 10.2 Å². The molecule has 0 aromatic rings. The quantitative estimate of drug-likeness (QED) is 0.613. The van der Waals surface area contributed by atoms with Crippen molar-refractivity contribution in [3.8, 4) is 0 Å². The lowest BCUT2D eigenvalue weighted by atomic mass is 10.3. The van der Waals surface area contributed by atoms with Crippen LogP contribution in [0.2, 0.25) is 0 Å². The predicted molar refractivity (Wildman–Crippen MR) is 69.6 cm³/mol. The normalized spacial score (nSPS) is 14.3. The van der Waals surface area contributed by atoms with Gasteiger partial charge in [0.1, 0.15) is 9.84 Å². The van der Waals surface area contributed by atoms with Crippen molar-refractivity contribution in [3.63, 3.8) is 0 Å². The van der Waals surface area contributed by atoms with E-state index in [9.17, 15) is 8.42 Å². The molecule has 1 atom stereocenters. The molecule has 4 nitrogen and oxygen atoms in total. The van der Waals surface area contributed by atoms with Gasteiger partial charge < -0.3 is 10.2 Å². The minimum Gasteiger partial charge on any atom is -0.313 e. The number of nitrogens with zero attached hydrogens (tertiary/aromatic N) is 1. The highest BCUT2D eigenvalue weighted by molar-refractivity contribution is 7.90. The van der Waals surface area contributed by atoms with Crippen LogP contribution in [0.25, 0.3) is 0 Å². The fraction of sp³-hybridized carbons (Fsp3) is 1.00. The van der Waals surface area contributed by atoms with Crippen molar-refractivity contribution >= 4 is 9.84 Å². The Morgan fingerprint density at radius 3 is 2.25 bits per heavy atom. The van der Waals surface area contributed by atoms with E-state index in [1.165, 1.54) is 6.26 Å². The average Bonchev–Trinajstić information content (AvgIpc) is 2.19. The van der Waals surface area contributed by atoms with Crippen molar-refractivity contribution in [1.29, 1.82) is 0 Å². The molecule has 0 fully saturated rings. The van der Waals surface area contributed by atoms with Crippen molar-refractivity contribution in [2.45, 2.75) is 33.2 Å². The highest BCUT2D eigenvalue weighted by atomic mass is 32.2. The van der Waals surface area contributed by atoms with Crippen LogP contribution in [0.5, 0.6) is 0 Å². The summed E-state index contributed by atoms with van der Waals surface area (Å²) in [5.41, 5.74) is 0. The third kappa shape index (κ3) is 9.12. The molecule has 0 spiro atoms. The van der Waals surface area contributed by atoms with Gasteiger partial charge in [-0.3, -0.25) is 0 Å². The Labute approximate surface area is 100 Å². The molecule has 0 rings (SSSR count). The summed E-state index contributed by atoms with van der Waals surface area (Å²) in [4.78, 5) is 2.36. The summed E-state index contributed by atoms with van der Waals surface area (Å²) in [5.74, 6) is 0.276. The molecule has 0 bridgehead atoms. The monoisotopic (exact) mass is 250 g/mol. The fourth-order valence-electron chi connectivity index (χ4n) is 1.62. The topological polar surface area (TPSA) is 49.4 Å². The largest absolute Gasteiger partial charge is 0.313 e. The molecule has 1 unspecified atom stereocenters. The molecule has 5 heteroatoms. The van der Waals surface area contributed by atoms with Crippen molar-refractivity contribution in [2.75, 3.05) is 38.2 Å². The molecule has 98 valence electrons. The van der Waals surface area contributed by atoms with Crippen LogP contribution in [0.15, 0.2) is 0 Å². The smallest absolute Gasteiger partial charge is 0.147 e. The molecule has 0 radical (unpaired) electrons. The van der Waals surface area contributed by atoms with Crippen molar-refractivity contribution in [2.24, 2.45) is 0 Å². The number of rotatable bonds is 9. The summed E-state index contributed by atoms with van der Waals surface area (Å²) in [6.45, 7) is 10.4. The minimum atomic E-state index is -2.80. The van der Waals surface area contributed by atoms with E-state index in [-0.39, 0.29) is 5.75 Å². The van der Waals surface area contributed by atoms with Gasteiger partial charge in [0.15, 0.2) is 0 Å². The first-order chi connectivity index (χ1) is 7.39. The van der Waals surface area contributed by atoms with E-state index in [1.807, 2.05) is 0 Å². The Bertz CT molecular complexity index is 261. The van der Waals surface area contributed by atoms with E-state index >= 15 is 0 Å². The van der Waals surface area contributed by atoms with Crippen LogP contribution in [0.3, 0.4) is 0 Å². The van der Waals surface area contributed by atoms with Crippen molar-refractivity contribution < 1.29 is 8.42 Å². The first-order valence-corrected chi connectivity index (χ1v) is 8.08. The number of sulfone groups is 1. The molecule has 1 N–H and O–H groups in total. The molecule has 0 aliphatic carbocycles. The molecule has 16 heavy (non-hydrogen) atoms. The highest BCUT2D eigenvalue weighted by Gasteiger charge is 2.07. The van der Waals surface area contributed by atoms with E-state index in [4.69, 9.17) is 0 Å². The zero-order chi connectivity index (χ0) is 12.6. The maximum Gasteiger partial charge on any atom is 0.147 e. The van der Waals surface area contributed by atoms with Gasteiger partial charge >= 0.3 is 0 Å². The summed E-state index contributed by atoms with van der Waals surface area (Å²) in [6, 6.07) is 0.416. The van der Waals surface area contributed by atoms with Crippen LogP contribution in [0, 0.1) is 0 Å². The molecule has 0 aromatic heterocycles. The Morgan fingerprint density at radius 1 is 1.25 bits per heavy atom. The van der Waals surface area contributed by atoms with Gasteiger partial charge in [0.25, 0.3) is 0 Å². The van der Waals surface area contributed by atoms with Crippen molar-refractivity contribution in [3.05, 3.63) is 0 Å². The van der Waals surface area contributed by atoms with Crippen LogP contribution >= 0.6 is 0 Å². The second kappa shape index (κ2) is 8.03. The third-order valence-electron chi connectivity index (χ3n) is 2.61. The van der Waals surface area contributed by atoms with Gasteiger partial charge in [0.2, 0.25) is 0 Å². The van der Waals surface area contributed by atoms with E-state index < -0.39 is 9.84 Å². The van der Waals surface area contributed by atoms with Crippen LogP contribution in [-0.4, -0.2) is 57.5 Å². The molecule has 0 heterocycles. The maximum absolute atomic E-state index is 10.9. The van der Waals surface area contributed by atoms with Gasteiger partial charge in [-0.1, -0.05) is 13.8 Å². The fourth-order valence-corrected chi connectivity index (χ4v) is 2.29. The number of likely N-dealkylation sites (N-methyl/N-ethyl adjacent to an activating group) is 1. The van der Waals surface area contributed by atoms with Gasteiger partial charge in [-0.15, -0.1) is 0 Å². The number of hydrogen-bond donors (Lipinski definition) is 1. The lowest BCUT2D eigenvalue weighted by Crippen LogP contribution is -2.39. The first kappa shape index (κ1) is 15.9. The van der Waals surface area contributed by atoms with Gasteiger partial charge in [0.05, 0.1) is 5.75 Å². The summed E-state index contributed by atoms with van der Waals surface area (Å²) >= 11 is 0. The first-order valence-electron chi connectivity index (χ1n) is 6.02. The van der Waals surface area contributed by atoms with E-state index in [2.05, 4.69) is 31.0 Å². The summed E-state index contributed by atoms with van der Waals surface area (Å²) in [7, 11) is -2.80. The lowest BCUT2D eigenvalue weighted by Gasteiger charge is -2.23. The maximum atomic E-state index is 10.9. The highest BCUT2D eigenvalue weighted by Crippen LogP contribution is 1.93. The van der Waals surface area contributed by atoms with Gasteiger partial charge in [-0.05, 0) is 33.0 Å². The summed E-state index contributed by atoms with van der Waals surface area (Å²) < 4.78 is 21.8. The molecular weight excluding hydrogens is 224 g/mol. The predicted octanol–water partition coefficient (Wildman–Crippen LogP) is 0.741. The van der Waals surface area contributed by atoms with Gasteiger partial charge in [-0.2, -0.15) is 0 Å². The standard InChI is InChI=1S/C11H26N2O2S/c1-5-13(6-2)10-11(3)12-8-7-9-16(4,14)15/h11-12H,5-10H2,1-4H3. The van der Waals surface area contributed by atoms with Gasteiger partial charge in [0, 0.05) is 18.8 Å². The molecule has 0 aliphatic rings. The zero-order valence-corrected chi connectivity index (χ0v) is 11.8. The molecule has 0 saturated heterocycles. The van der Waals surface area contributed by atoms with Crippen LogP contribution < -0.4 is 5.32 Å². The number of nitrogens with one attached hydrogen (secondary N) is 1. The van der Waals surface area contributed by atoms with E-state index in [0.29, 0.717) is 12.5 Å². The van der Waals surface area contributed by atoms with Crippen LogP contribution in [0.4, 0.5) is 0 Å². The van der Waals surface area contributed by atoms with Gasteiger partial charge in [-0.25, -0.2) is 8.42 Å². The van der Waals surface area contributed by atoms with E-state index in [0.717, 1.165) is 26.2 Å². The molecule has 0 saturated carbocycles. The second-order valence-corrected chi connectivity index (χ2v) is 6.58. The number of hydrogen-bond acceptors (Lipinski definition) is 4. The zero-order valence-electron chi connectivity index (χ0n) is 11.0. The Kier molecular flexibility index (Phi) is 7.97. The Morgan fingerprint density at radius 2 is 1.81 bits per heavy atom. The second-order valence-electron chi connectivity index (χ2n) is 4.32. The molecular formula is C11H26N2O2S. The van der Waals surface area contributed by atoms with Crippen LogP contribution in [0.1, 0.15) is 27.2 Å². The summed E-state index contributed by atoms with van der Waals surface area (Å²) in [5, 5.41) is 3.35. The molecule has 0 aliphatic heterocycles. The molecule has 0 aromatic carbocycles. The van der Waals surface area contributed by atoms with E-state index in [1.54, 1.807) is 0 Å².